The van der Waals surface area contributed by atoms with Crippen molar-refractivity contribution in [3.8, 4) is 23.0 Å². The van der Waals surface area contributed by atoms with Crippen LogP contribution in [0.15, 0.2) is 59.5 Å². The zero-order chi connectivity index (χ0) is 25.9. The van der Waals surface area contributed by atoms with Gasteiger partial charge in [-0.15, -0.1) is 15.3 Å². The molecule has 188 valence electrons. The third-order valence-electron chi connectivity index (χ3n) is 5.85. The number of carbonyl (C=O) groups is 1. The lowest BCUT2D eigenvalue weighted by molar-refractivity contribution is 0.0945. The molecule has 4 aromatic heterocycles. The smallest absolute Gasteiger partial charge is 0.256 e. The molecule has 5 aromatic rings. The molecule has 11 heteroatoms. The standard InChI is InChI=1S/C26H25N7O4/c1-4-32-15-20(23(34)19-9-8-16(2)28-25(19)32)26(35)27-12-13-37-22-11-10-21-29-30-24(33(21)31-22)17-6-5-7-18(14-17)36-3/h5-11,14-15H,4,12-13H2,1-3H3,(H,27,35). The number of benzene rings is 1. The van der Waals surface area contributed by atoms with Crippen molar-refractivity contribution in [3.63, 3.8) is 0 Å². The number of aromatic nitrogens is 6. The minimum atomic E-state index is -0.471. The first-order valence-electron chi connectivity index (χ1n) is 11.8. The fraction of sp³-hybridized carbons (Fsp3) is 0.231. The van der Waals surface area contributed by atoms with Crippen LogP contribution in [0, 0.1) is 6.92 Å². The highest BCUT2D eigenvalue weighted by Crippen LogP contribution is 2.23. The highest BCUT2D eigenvalue weighted by Gasteiger charge is 2.16. The molecular formula is C26H25N7O4. The Labute approximate surface area is 211 Å². The Bertz CT molecular complexity index is 1680. The molecule has 0 spiro atoms. The largest absolute Gasteiger partial charge is 0.497 e. The zero-order valence-electron chi connectivity index (χ0n) is 20.6. The van der Waals surface area contributed by atoms with E-state index < -0.39 is 5.91 Å². The number of ether oxygens (including phenoxy) is 2. The van der Waals surface area contributed by atoms with Gasteiger partial charge >= 0.3 is 0 Å². The Morgan fingerprint density at radius 1 is 1.11 bits per heavy atom. The SMILES string of the molecule is CCn1cc(C(=O)NCCOc2ccc3nnc(-c4cccc(OC)c4)n3n2)c(=O)c2ccc(C)nc21. The van der Waals surface area contributed by atoms with Crippen LogP contribution in [0.1, 0.15) is 23.0 Å². The van der Waals surface area contributed by atoms with Gasteiger partial charge in [0.15, 0.2) is 11.5 Å². The molecule has 0 atom stereocenters. The van der Waals surface area contributed by atoms with E-state index in [-0.39, 0.29) is 24.1 Å². The highest BCUT2D eigenvalue weighted by atomic mass is 16.5. The first-order valence-corrected chi connectivity index (χ1v) is 11.8. The maximum absolute atomic E-state index is 12.9. The van der Waals surface area contributed by atoms with E-state index in [1.54, 1.807) is 46.7 Å². The number of carbonyl (C=O) groups excluding carboxylic acids is 1. The summed E-state index contributed by atoms with van der Waals surface area (Å²) in [6.07, 6.45) is 1.55. The zero-order valence-corrected chi connectivity index (χ0v) is 20.6. The van der Waals surface area contributed by atoms with Gasteiger partial charge in [0, 0.05) is 30.1 Å². The number of fused-ring (bicyclic) bond motifs is 2. The predicted octanol–water partition coefficient (Wildman–Crippen LogP) is 2.65. The summed E-state index contributed by atoms with van der Waals surface area (Å²) in [6.45, 7) is 4.70. The van der Waals surface area contributed by atoms with E-state index in [2.05, 4.69) is 25.6 Å². The number of nitrogens with zero attached hydrogens (tertiary/aromatic N) is 6. The normalized spacial score (nSPS) is 11.1. The Balaban J connectivity index is 1.28. The average molecular weight is 500 g/mol. The summed E-state index contributed by atoms with van der Waals surface area (Å²) in [5.41, 5.74) is 2.43. The fourth-order valence-electron chi connectivity index (χ4n) is 3.97. The fourth-order valence-corrected chi connectivity index (χ4v) is 3.97. The lowest BCUT2D eigenvalue weighted by Crippen LogP contribution is -2.32. The topological polar surface area (TPSA) is 126 Å². The van der Waals surface area contributed by atoms with Gasteiger partial charge < -0.3 is 19.4 Å². The Morgan fingerprint density at radius 3 is 2.78 bits per heavy atom. The van der Waals surface area contributed by atoms with Crippen LogP contribution in [0.4, 0.5) is 0 Å². The van der Waals surface area contributed by atoms with Crippen molar-refractivity contribution in [1.82, 2.24) is 34.7 Å². The number of hydrogen-bond acceptors (Lipinski definition) is 8. The number of rotatable bonds is 8. The average Bonchev–Trinajstić information content (AvgIpc) is 3.34. The summed E-state index contributed by atoms with van der Waals surface area (Å²) in [5, 5.41) is 16.0. The van der Waals surface area contributed by atoms with Gasteiger partial charge in [-0.25, -0.2) is 4.98 Å². The summed E-state index contributed by atoms with van der Waals surface area (Å²) < 4.78 is 14.4. The number of nitrogens with one attached hydrogen (secondary N) is 1. The molecule has 5 rings (SSSR count). The van der Waals surface area contributed by atoms with E-state index in [1.165, 1.54) is 0 Å². The molecule has 0 saturated carbocycles. The van der Waals surface area contributed by atoms with Gasteiger partial charge in [-0.05, 0) is 44.2 Å². The molecule has 0 aliphatic carbocycles. The Morgan fingerprint density at radius 2 is 1.97 bits per heavy atom. The van der Waals surface area contributed by atoms with Crippen molar-refractivity contribution >= 4 is 22.6 Å². The van der Waals surface area contributed by atoms with Crippen LogP contribution in [0.2, 0.25) is 0 Å². The molecule has 1 N–H and O–H groups in total. The number of amides is 1. The van der Waals surface area contributed by atoms with Crippen LogP contribution in [0.5, 0.6) is 11.6 Å². The van der Waals surface area contributed by atoms with Crippen molar-refractivity contribution in [3.05, 3.63) is 76.2 Å². The Kier molecular flexibility index (Phi) is 6.50. The number of hydrogen-bond donors (Lipinski definition) is 1. The third kappa shape index (κ3) is 4.70. The van der Waals surface area contributed by atoms with Crippen LogP contribution < -0.4 is 20.2 Å². The predicted molar refractivity (Wildman–Crippen MR) is 137 cm³/mol. The first-order chi connectivity index (χ1) is 18.0. The number of methoxy groups -OCH3 is 1. The van der Waals surface area contributed by atoms with Gasteiger partial charge in [-0.1, -0.05) is 12.1 Å². The van der Waals surface area contributed by atoms with Crippen LogP contribution >= 0.6 is 0 Å². The van der Waals surface area contributed by atoms with Gasteiger partial charge in [0.05, 0.1) is 19.0 Å². The maximum Gasteiger partial charge on any atom is 0.256 e. The summed E-state index contributed by atoms with van der Waals surface area (Å²) in [5.74, 6) is 1.11. The molecule has 11 nitrogen and oxygen atoms in total. The highest BCUT2D eigenvalue weighted by molar-refractivity contribution is 5.96. The first kappa shape index (κ1) is 23.9. The van der Waals surface area contributed by atoms with Gasteiger partial charge in [-0.3, -0.25) is 9.59 Å². The lowest BCUT2D eigenvalue weighted by Gasteiger charge is -2.12. The quantitative estimate of drug-likeness (QED) is 0.323. The van der Waals surface area contributed by atoms with Crippen molar-refractivity contribution in [2.75, 3.05) is 20.3 Å². The molecule has 1 amide bonds. The summed E-state index contributed by atoms with van der Waals surface area (Å²) in [4.78, 5) is 30.2. The molecule has 0 unspecified atom stereocenters. The molecule has 1 aromatic carbocycles. The third-order valence-corrected chi connectivity index (χ3v) is 5.85. The molecule has 37 heavy (non-hydrogen) atoms. The van der Waals surface area contributed by atoms with E-state index in [9.17, 15) is 9.59 Å². The second kappa shape index (κ2) is 10.1. The summed E-state index contributed by atoms with van der Waals surface area (Å²) in [7, 11) is 1.60. The monoisotopic (exact) mass is 499 g/mol. The van der Waals surface area contributed by atoms with E-state index in [4.69, 9.17) is 9.47 Å². The molecule has 0 aliphatic rings. The van der Waals surface area contributed by atoms with E-state index >= 15 is 0 Å². The summed E-state index contributed by atoms with van der Waals surface area (Å²) in [6, 6.07) is 14.3. The van der Waals surface area contributed by atoms with Gasteiger partial charge in [0.25, 0.3) is 5.91 Å². The van der Waals surface area contributed by atoms with E-state index in [0.717, 1.165) is 11.3 Å². The van der Waals surface area contributed by atoms with Crippen LogP contribution in [-0.4, -0.2) is 55.5 Å². The molecule has 0 aliphatic heterocycles. The van der Waals surface area contributed by atoms with Crippen LogP contribution in [0.25, 0.3) is 28.1 Å². The van der Waals surface area contributed by atoms with Gasteiger partial charge in [-0.2, -0.15) is 4.52 Å². The molecule has 0 bridgehead atoms. The van der Waals surface area contributed by atoms with Crippen molar-refractivity contribution in [1.29, 1.82) is 0 Å². The maximum atomic E-state index is 12.9. The molecule has 0 saturated heterocycles. The molecule has 0 fully saturated rings. The Hall–Kier alpha value is -4.80. The molecular weight excluding hydrogens is 474 g/mol. The molecule has 4 heterocycles. The van der Waals surface area contributed by atoms with Crippen molar-refractivity contribution in [2.45, 2.75) is 20.4 Å². The lowest BCUT2D eigenvalue weighted by atomic mass is 10.1. The van der Waals surface area contributed by atoms with Gasteiger partial charge in [0.1, 0.15) is 23.6 Å². The van der Waals surface area contributed by atoms with Crippen LogP contribution in [0.3, 0.4) is 0 Å². The minimum Gasteiger partial charge on any atom is -0.497 e. The van der Waals surface area contributed by atoms with E-state index in [0.29, 0.717) is 40.7 Å². The van der Waals surface area contributed by atoms with Gasteiger partial charge in [0.2, 0.25) is 11.3 Å². The summed E-state index contributed by atoms with van der Waals surface area (Å²) >= 11 is 0. The van der Waals surface area contributed by atoms with E-state index in [1.807, 2.05) is 38.1 Å². The second-order valence-corrected chi connectivity index (χ2v) is 8.28. The molecule has 0 radical (unpaired) electrons. The number of aryl methyl sites for hydroxylation is 2. The van der Waals surface area contributed by atoms with Crippen molar-refractivity contribution < 1.29 is 14.3 Å². The minimum absolute atomic E-state index is 0.0620. The number of pyridine rings is 2. The van der Waals surface area contributed by atoms with Crippen molar-refractivity contribution in [2.24, 2.45) is 0 Å². The second-order valence-electron chi connectivity index (χ2n) is 8.28. The van der Waals surface area contributed by atoms with Crippen LogP contribution in [-0.2, 0) is 6.54 Å².